The number of carbonyl (C=O) groups is 1. The Bertz CT molecular complexity index is 641. The number of rotatable bonds is 8. The lowest BCUT2D eigenvalue weighted by atomic mass is 9.99. The Hall–Kier alpha value is -1.00. The second kappa shape index (κ2) is 13.3. The Morgan fingerprint density at radius 1 is 1.17 bits per heavy atom. The fraction of sp³-hybridized carbons (Fsp3) is 0.619. The van der Waals surface area contributed by atoms with E-state index >= 15 is 0 Å². The summed E-state index contributed by atoms with van der Waals surface area (Å²) in [4.78, 5) is 18.3. The van der Waals surface area contributed by atoms with Crippen molar-refractivity contribution in [3.8, 4) is 0 Å². The number of benzene rings is 1. The predicted molar refractivity (Wildman–Crippen MR) is 134 cm³/mol. The third-order valence-electron chi connectivity index (χ3n) is 4.80. The summed E-state index contributed by atoms with van der Waals surface area (Å²) in [6.07, 6.45) is 2.14. The van der Waals surface area contributed by atoms with E-state index in [0.29, 0.717) is 12.1 Å². The zero-order valence-electron chi connectivity index (χ0n) is 18.0. The molecule has 8 heteroatoms. The Morgan fingerprint density at radius 3 is 2.38 bits per heavy atom. The lowest BCUT2D eigenvalue weighted by molar-refractivity contribution is 0.0782. The van der Waals surface area contributed by atoms with Crippen molar-refractivity contribution in [2.45, 2.75) is 38.0 Å². The van der Waals surface area contributed by atoms with Crippen molar-refractivity contribution in [2.24, 2.45) is 4.99 Å². The van der Waals surface area contributed by atoms with Crippen LogP contribution in [0.25, 0.3) is 0 Å². The van der Waals surface area contributed by atoms with Crippen molar-refractivity contribution in [1.29, 1.82) is 0 Å². The average Bonchev–Trinajstić information content (AvgIpc) is 2.71. The van der Waals surface area contributed by atoms with E-state index in [-0.39, 0.29) is 34.6 Å². The normalized spacial score (nSPS) is 15.9. The van der Waals surface area contributed by atoms with Crippen LogP contribution in [0.15, 0.2) is 29.3 Å². The summed E-state index contributed by atoms with van der Waals surface area (Å²) in [6.45, 7) is 8.23. The minimum absolute atomic E-state index is 0. The maximum Gasteiger partial charge on any atom is 0.253 e. The van der Waals surface area contributed by atoms with Gasteiger partial charge in [0.05, 0.1) is 6.54 Å². The van der Waals surface area contributed by atoms with Crippen LogP contribution in [0.3, 0.4) is 0 Å². The molecular weight excluding hydrogens is 499 g/mol. The van der Waals surface area contributed by atoms with Gasteiger partial charge < -0.3 is 20.3 Å². The van der Waals surface area contributed by atoms with Crippen LogP contribution >= 0.6 is 35.7 Å². The summed E-state index contributed by atoms with van der Waals surface area (Å²) in [6, 6.07) is 7.66. The highest BCUT2D eigenvalue weighted by Crippen LogP contribution is 2.34. The molecule has 0 atom stereocenters. The van der Waals surface area contributed by atoms with Gasteiger partial charge in [-0.15, -0.1) is 24.0 Å². The Labute approximate surface area is 196 Å². The number of thioether (sulfide) groups is 1. The molecule has 0 saturated carbocycles. The van der Waals surface area contributed by atoms with Crippen LogP contribution in [0.4, 0.5) is 0 Å². The molecule has 1 aliphatic rings. The van der Waals surface area contributed by atoms with Crippen LogP contribution in [-0.4, -0.2) is 67.7 Å². The van der Waals surface area contributed by atoms with Crippen LogP contribution in [0.5, 0.6) is 0 Å². The first-order chi connectivity index (χ1) is 13.5. The highest BCUT2D eigenvalue weighted by Gasteiger charge is 2.32. The van der Waals surface area contributed by atoms with Gasteiger partial charge in [-0.05, 0) is 43.2 Å². The van der Waals surface area contributed by atoms with E-state index in [4.69, 9.17) is 9.73 Å². The molecule has 1 amide bonds. The number of nitrogens with one attached hydrogen (secondary N) is 2. The minimum Gasteiger partial charge on any atom is -0.381 e. The van der Waals surface area contributed by atoms with Crippen LogP contribution in [0.1, 0.15) is 42.6 Å². The summed E-state index contributed by atoms with van der Waals surface area (Å²) >= 11 is 2.02. The maximum atomic E-state index is 12.0. The Balaban J connectivity index is 0.00000420. The Kier molecular flexibility index (Phi) is 12.0. The van der Waals surface area contributed by atoms with Gasteiger partial charge in [-0.2, -0.15) is 11.8 Å². The molecule has 0 aromatic heterocycles. The Morgan fingerprint density at radius 2 is 1.83 bits per heavy atom. The lowest BCUT2D eigenvalue weighted by Gasteiger charge is -2.37. The van der Waals surface area contributed by atoms with E-state index in [1.807, 2.05) is 36.0 Å². The van der Waals surface area contributed by atoms with Gasteiger partial charge in [0.1, 0.15) is 0 Å². The smallest absolute Gasteiger partial charge is 0.253 e. The summed E-state index contributed by atoms with van der Waals surface area (Å²) in [7, 11) is 3.52. The fourth-order valence-corrected chi connectivity index (χ4v) is 4.43. The number of nitrogens with zero attached hydrogens (tertiary/aromatic N) is 2. The third kappa shape index (κ3) is 8.33. The van der Waals surface area contributed by atoms with E-state index in [2.05, 4.69) is 24.5 Å². The zero-order chi connectivity index (χ0) is 20.4. The van der Waals surface area contributed by atoms with E-state index < -0.39 is 0 Å². The molecule has 0 bridgehead atoms. The first-order valence-corrected chi connectivity index (χ1v) is 11.0. The molecule has 0 aliphatic carbocycles. The van der Waals surface area contributed by atoms with Crippen molar-refractivity contribution in [3.05, 3.63) is 35.4 Å². The molecule has 0 unspecified atom stereocenters. The number of hydrogen-bond donors (Lipinski definition) is 2. The lowest BCUT2D eigenvalue weighted by Crippen LogP contribution is -2.48. The van der Waals surface area contributed by atoms with E-state index in [0.717, 1.165) is 56.4 Å². The molecule has 1 aromatic rings. The van der Waals surface area contributed by atoms with Crippen LogP contribution in [0.2, 0.25) is 0 Å². The van der Waals surface area contributed by atoms with Crippen molar-refractivity contribution in [1.82, 2.24) is 15.5 Å². The molecule has 6 nitrogen and oxygen atoms in total. The highest BCUT2D eigenvalue weighted by molar-refractivity contribution is 14.0. The van der Waals surface area contributed by atoms with Crippen molar-refractivity contribution in [3.63, 3.8) is 0 Å². The van der Waals surface area contributed by atoms with Gasteiger partial charge in [0.2, 0.25) is 0 Å². The number of halogens is 1. The number of guanidine groups is 1. The first-order valence-electron chi connectivity index (χ1n) is 10.0. The van der Waals surface area contributed by atoms with Gasteiger partial charge in [-0.3, -0.25) is 4.79 Å². The number of carbonyl (C=O) groups excluding carboxylic acids is 1. The van der Waals surface area contributed by atoms with E-state index in [1.54, 1.807) is 19.0 Å². The van der Waals surface area contributed by atoms with Crippen molar-refractivity contribution in [2.75, 3.05) is 46.2 Å². The minimum atomic E-state index is 0. The molecule has 1 aliphatic heterocycles. The van der Waals surface area contributed by atoms with Gasteiger partial charge in [0.25, 0.3) is 5.91 Å². The van der Waals surface area contributed by atoms with Gasteiger partial charge in [-0.25, -0.2) is 4.99 Å². The average molecular weight is 535 g/mol. The molecule has 2 rings (SSSR count). The number of aliphatic imine (C=N–C) groups is 1. The summed E-state index contributed by atoms with van der Waals surface area (Å²) in [5.41, 5.74) is 1.78. The maximum absolute atomic E-state index is 12.0. The quantitative estimate of drug-likeness (QED) is 0.304. The van der Waals surface area contributed by atoms with Crippen molar-refractivity contribution >= 4 is 47.6 Å². The topological polar surface area (TPSA) is 66.0 Å². The molecule has 1 aromatic carbocycles. The number of hydrogen-bond acceptors (Lipinski definition) is 4. The van der Waals surface area contributed by atoms with Crippen molar-refractivity contribution < 1.29 is 9.53 Å². The van der Waals surface area contributed by atoms with Gasteiger partial charge in [0.15, 0.2) is 5.96 Å². The molecule has 1 saturated heterocycles. The molecule has 1 fully saturated rings. The summed E-state index contributed by atoms with van der Waals surface area (Å²) in [5, 5.41) is 6.87. The highest BCUT2D eigenvalue weighted by atomic mass is 127. The van der Waals surface area contributed by atoms with Gasteiger partial charge in [0, 0.05) is 50.7 Å². The molecule has 164 valence electrons. The number of ether oxygens (including phenoxy) is 1. The molecular formula is C21H35IN4O2S. The SMILES string of the molecule is CCNC(=NCc1ccc(C(=O)N(C)C)cc1)NCC1(SCC)CCOCC1.I. The molecule has 0 spiro atoms. The molecule has 0 radical (unpaired) electrons. The fourth-order valence-electron chi connectivity index (χ4n) is 3.19. The standard InChI is InChI=1S/C21H34N4O2S.HI/c1-5-22-20(24-16-21(28-6-2)11-13-27-14-12-21)23-15-17-7-9-18(10-8-17)19(26)25(3)4;/h7-10H,5-6,11-16H2,1-4H3,(H2,22,23,24);1H. The van der Waals surface area contributed by atoms with Crippen LogP contribution < -0.4 is 10.6 Å². The molecule has 29 heavy (non-hydrogen) atoms. The summed E-state index contributed by atoms with van der Waals surface area (Å²) in [5.74, 6) is 1.95. The molecule has 2 N–H and O–H groups in total. The van der Waals surface area contributed by atoms with Gasteiger partial charge >= 0.3 is 0 Å². The second-order valence-electron chi connectivity index (χ2n) is 7.17. The van der Waals surface area contributed by atoms with E-state index in [9.17, 15) is 4.79 Å². The monoisotopic (exact) mass is 534 g/mol. The van der Waals surface area contributed by atoms with Gasteiger partial charge in [-0.1, -0.05) is 19.1 Å². The summed E-state index contributed by atoms with van der Waals surface area (Å²) < 4.78 is 5.78. The number of amides is 1. The van der Waals surface area contributed by atoms with Crippen LogP contribution in [-0.2, 0) is 11.3 Å². The molecule has 1 heterocycles. The zero-order valence-corrected chi connectivity index (χ0v) is 21.1. The van der Waals surface area contributed by atoms with E-state index in [1.165, 1.54) is 0 Å². The largest absolute Gasteiger partial charge is 0.381 e. The predicted octanol–water partition coefficient (Wildman–Crippen LogP) is 3.36. The van der Waals surface area contributed by atoms with Crippen LogP contribution in [0, 0.1) is 0 Å². The third-order valence-corrected chi connectivity index (χ3v) is 6.26. The first kappa shape index (κ1) is 26.0. The second-order valence-corrected chi connectivity index (χ2v) is 8.91.